The molecule has 0 aromatic carbocycles. The van der Waals surface area contributed by atoms with Gasteiger partial charge in [0.2, 0.25) is 29.5 Å². The summed E-state index contributed by atoms with van der Waals surface area (Å²) in [5.41, 5.74) is 20.0. The van der Waals surface area contributed by atoms with Gasteiger partial charge in [0.25, 0.3) is 0 Å². The maximum absolute atomic E-state index is 13.6. The predicted molar refractivity (Wildman–Crippen MR) is 576 cm³/mol. The van der Waals surface area contributed by atoms with Crippen LogP contribution in [0.5, 0.6) is 0 Å². The van der Waals surface area contributed by atoms with Gasteiger partial charge in [0.15, 0.2) is 11.6 Å². The first kappa shape index (κ1) is 125. The molecule has 0 aromatic heterocycles. The van der Waals surface area contributed by atoms with Crippen molar-refractivity contribution in [2.45, 2.75) is 311 Å². The summed E-state index contributed by atoms with van der Waals surface area (Å²) < 4.78 is 44.1. The molecule has 0 saturated carbocycles. The Kier molecular flexibility index (Phi) is 66.7. The van der Waals surface area contributed by atoms with Gasteiger partial charge in [-0.1, -0.05) is 227 Å². The first-order chi connectivity index (χ1) is 66.9. The van der Waals surface area contributed by atoms with Gasteiger partial charge < -0.3 is 64.5 Å². The number of ether oxygens (including phenoxy) is 8. The van der Waals surface area contributed by atoms with Crippen LogP contribution in [0.3, 0.4) is 0 Å². The van der Waals surface area contributed by atoms with Gasteiger partial charge in [0.05, 0.1) is 98.5 Å². The zero-order valence-corrected chi connectivity index (χ0v) is 90.1. The summed E-state index contributed by atoms with van der Waals surface area (Å²) in [6.45, 7) is 50.7. The number of rotatable bonds is 69. The van der Waals surface area contributed by atoms with Crippen LogP contribution in [0.1, 0.15) is 305 Å². The van der Waals surface area contributed by atoms with Gasteiger partial charge in [0, 0.05) is 89.2 Å². The highest BCUT2D eigenvalue weighted by molar-refractivity contribution is 5.95. The molecule has 140 heavy (non-hydrogen) atoms. The average molecular weight is 1940 g/mol. The number of carbonyl (C=O) groups excluding carboxylic acids is 8. The van der Waals surface area contributed by atoms with Crippen molar-refractivity contribution in [2.75, 3.05) is 132 Å². The Morgan fingerprint density at radius 2 is 0.700 bits per heavy atom. The fourth-order valence-corrected chi connectivity index (χ4v) is 16.9. The highest BCUT2D eigenvalue weighted by atomic mass is 16.6. The largest absolute Gasteiger partial charge is 0.379 e. The van der Waals surface area contributed by atoms with Crippen molar-refractivity contribution in [1.82, 2.24) is 26.6 Å². The summed E-state index contributed by atoms with van der Waals surface area (Å²) in [5.74, 6) is -1.48. The van der Waals surface area contributed by atoms with E-state index in [0.717, 1.165) is 83.3 Å². The van der Waals surface area contributed by atoms with Gasteiger partial charge in [0.1, 0.15) is 5.78 Å². The molecule has 2 atom stereocenters. The molecule has 0 heterocycles. The first-order valence-corrected chi connectivity index (χ1v) is 52.1. The first-order valence-electron chi connectivity index (χ1n) is 52.1. The molecule has 0 radical (unpaired) electrons. The van der Waals surface area contributed by atoms with Crippen LogP contribution in [0.25, 0.3) is 0 Å². The molecule has 0 saturated heterocycles. The van der Waals surface area contributed by atoms with E-state index < -0.39 is 12.0 Å². The van der Waals surface area contributed by atoms with Gasteiger partial charge in [-0.15, -0.1) is 0 Å². The molecule has 780 valence electrons. The minimum Gasteiger partial charge on any atom is -0.379 e. The van der Waals surface area contributed by atoms with Crippen molar-refractivity contribution in [3.8, 4) is 0 Å². The van der Waals surface area contributed by atoms with Crippen LogP contribution in [-0.4, -0.2) is 185 Å². The van der Waals surface area contributed by atoms with E-state index in [9.17, 15) is 38.4 Å². The molecule has 0 aromatic rings. The smallest absolute Gasteiger partial charge is 0.244 e. The fraction of sp³-hybridized carbons (Fsp3) is 0.597. The van der Waals surface area contributed by atoms with Gasteiger partial charge in [-0.2, -0.15) is 0 Å². The summed E-state index contributed by atoms with van der Waals surface area (Å²) in [6, 6.07) is -0.688. The molecule has 5 amide bonds. The Morgan fingerprint density at radius 1 is 0.336 bits per heavy atom. The second-order valence-electron chi connectivity index (χ2n) is 39.9. The van der Waals surface area contributed by atoms with E-state index in [1.54, 1.807) is 18.2 Å². The summed E-state index contributed by atoms with van der Waals surface area (Å²) in [6.07, 6.45) is 70.7. The van der Waals surface area contributed by atoms with Gasteiger partial charge in [-0.05, 0) is 285 Å². The maximum Gasteiger partial charge on any atom is 0.244 e. The SMILES string of the molecule is CC(=O)CCOCCOCCOCCOCCC(=O)NCCOCCOCCCC(=O)[C@H](CCCCNC(=O)/C=C(C)/C=C/C=C(C)/C=C/C1=C(C)CCCC1(C)C)NC(=O)/C=C(C)/C=C/C=C(C)/C=C/C1=C(C)CCCC1(C)C.CCCCOCCOCCNC(=O)[C@H](CCCCNC(=O)/C=C(C)/C=C/C=C(C)/C=C/C1=C(C)CCCC1)CC(=O)/C=C(C)/C=C/C=C(C)/C=C/C1=C(C)CCCC1(C)C. The van der Waals surface area contributed by atoms with E-state index in [1.807, 2.05) is 82.4 Å². The van der Waals surface area contributed by atoms with Crippen LogP contribution in [0.15, 0.2) is 235 Å². The van der Waals surface area contributed by atoms with Crippen molar-refractivity contribution >= 4 is 46.9 Å². The van der Waals surface area contributed by atoms with Crippen LogP contribution < -0.4 is 26.6 Å². The Bertz CT molecular complexity index is 4480. The molecule has 4 aliphatic rings. The lowest BCUT2D eigenvalue weighted by atomic mass is 9.72. The number of unbranched alkanes of at least 4 members (excludes halogenated alkanes) is 3. The van der Waals surface area contributed by atoms with Crippen LogP contribution in [-0.2, 0) is 76.3 Å². The number of allylic oxidation sites excluding steroid dienone is 37. The van der Waals surface area contributed by atoms with E-state index in [1.165, 1.54) is 122 Å². The van der Waals surface area contributed by atoms with Crippen LogP contribution in [0.4, 0.5) is 0 Å². The number of carbonyl (C=O) groups is 8. The topological polar surface area (TPSA) is 271 Å². The molecule has 0 bridgehead atoms. The van der Waals surface area contributed by atoms with Crippen molar-refractivity contribution in [3.63, 3.8) is 0 Å². The molecule has 0 spiro atoms. The van der Waals surface area contributed by atoms with E-state index in [0.29, 0.717) is 170 Å². The molecule has 0 aliphatic heterocycles. The van der Waals surface area contributed by atoms with Crippen molar-refractivity contribution in [1.29, 1.82) is 0 Å². The molecule has 0 fully saturated rings. The van der Waals surface area contributed by atoms with Crippen LogP contribution in [0, 0.1) is 22.2 Å². The Hall–Kier alpha value is -9.16. The Morgan fingerprint density at radius 3 is 1.12 bits per heavy atom. The van der Waals surface area contributed by atoms with Crippen molar-refractivity contribution in [2.24, 2.45) is 22.2 Å². The van der Waals surface area contributed by atoms with E-state index >= 15 is 0 Å². The average Bonchev–Trinajstić information content (AvgIpc) is 0.828. The number of amides is 5. The zero-order valence-electron chi connectivity index (χ0n) is 90.1. The number of ketones is 3. The summed E-state index contributed by atoms with van der Waals surface area (Å²) in [5, 5.41) is 14.7. The summed E-state index contributed by atoms with van der Waals surface area (Å²) in [4.78, 5) is 102. The molecule has 5 N–H and O–H groups in total. The normalized spacial score (nSPS) is 17.3. The second-order valence-corrected chi connectivity index (χ2v) is 39.9. The van der Waals surface area contributed by atoms with Crippen molar-refractivity contribution < 1.29 is 76.3 Å². The molecule has 4 aliphatic carbocycles. The number of nitrogens with one attached hydrogen (secondary N) is 5. The molecule has 21 nitrogen and oxygen atoms in total. The van der Waals surface area contributed by atoms with Crippen LogP contribution >= 0.6 is 0 Å². The van der Waals surface area contributed by atoms with Crippen LogP contribution in [0.2, 0.25) is 0 Å². The highest BCUT2D eigenvalue weighted by Crippen LogP contribution is 2.43. The lowest BCUT2D eigenvalue weighted by Crippen LogP contribution is -2.40. The maximum atomic E-state index is 13.6. The summed E-state index contributed by atoms with van der Waals surface area (Å²) >= 11 is 0. The molecule has 21 heteroatoms. The van der Waals surface area contributed by atoms with Gasteiger partial charge in [-0.3, -0.25) is 38.4 Å². The number of Topliss-reactive ketones (excluding diaryl/α,β-unsaturated/α-hetero) is 2. The van der Waals surface area contributed by atoms with E-state index in [2.05, 4.69) is 197 Å². The van der Waals surface area contributed by atoms with E-state index in [4.69, 9.17) is 37.9 Å². The predicted octanol–water partition coefficient (Wildman–Crippen LogP) is 24.0. The zero-order chi connectivity index (χ0) is 103. The third kappa shape index (κ3) is 61.0. The Balaban J connectivity index is 0.000000750. The van der Waals surface area contributed by atoms with E-state index in [-0.39, 0.29) is 89.0 Å². The molecular formula is C119H183N5O16. The van der Waals surface area contributed by atoms with Crippen molar-refractivity contribution in [3.05, 3.63) is 235 Å². The quantitative estimate of drug-likeness (QED) is 0.0215. The molecular weight excluding hydrogens is 1760 g/mol. The highest BCUT2D eigenvalue weighted by Gasteiger charge is 2.30. The lowest BCUT2D eigenvalue weighted by Gasteiger charge is -2.33. The summed E-state index contributed by atoms with van der Waals surface area (Å²) in [7, 11) is 0. The standard InChI is InChI=1S/C66H103N3O11.C53H80N2O5/c1-51(27-29-58-55(5)23-16-33-65(58,8)9)19-14-21-53(3)49-63(73)67-35-13-12-25-60(69-64(74)50-54(4)22-15-20-52(2)28-30-59-56(6)24-17-34-66(59,10)11)61(71)26-18-37-75-41-44-78-40-36-68-62(72)32-39-77-43-46-80-48-47-79-45-42-76-38-31-57(7)70;1-10-11-34-59-36-37-60-35-33-55-52(58)48(40-49(56)38-43(4)21-16-20-42(3)28-30-50-46(7)24-18-31-53(50,8)9)26-14-15-32-54-51(57)39-44(5)22-17-19-41(2)27-29-47-25-13-12-23-45(47)6/h14-15,19-22,27-30,49-50,60H,12-13,16-18,23-26,31-48H2,1-11H3,(H,67,73)(H,68,72)(H,69,74);16-17,19-22,27-30,38-39,48H,10-15,18,23-26,31-37,40H2,1-9H3,(H,54,57)(H,55,58)/b21-14+,22-15+,29-27+,30-28+,51-19+,52-20+,53-49+,54-50+;21-16+,22-17+,29-27+,30-28+,41-19+,42-20+,43-38+,44-39+/t60-;48-/m01/s1. The minimum absolute atomic E-state index is 0.0758. The minimum atomic E-state index is -0.688. The third-order valence-electron chi connectivity index (χ3n) is 25.3. The number of hydrogen-bond acceptors (Lipinski definition) is 16. The monoisotopic (exact) mass is 1940 g/mol. The van der Waals surface area contributed by atoms with Gasteiger partial charge >= 0.3 is 0 Å². The molecule has 4 rings (SSSR count). The Labute approximate surface area is 845 Å². The van der Waals surface area contributed by atoms with Gasteiger partial charge in [-0.25, -0.2) is 0 Å². The lowest BCUT2D eigenvalue weighted by molar-refractivity contribution is -0.128. The third-order valence-corrected chi connectivity index (χ3v) is 25.3. The molecule has 0 unspecified atom stereocenters. The number of hydrogen-bond donors (Lipinski definition) is 5. The second kappa shape index (κ2) is 74.7. The fourth-order valence-electron chi connectivity index (χ4n) is 16.9.